The molecule has 1 rings (SSSR count). The number of rotatable bonds is 9. The van der Waals surface area contributed by atoms with Gasteiger partial charge in [0.2, 0.25) is 0 Å². The maximum Gasteiger partial charge on any atom is 0.0190 e. The van der Waals surface area contributed by atoms with Crippen LogP contribution in [-0.2, 0) is 0 Å². The molecule has 0 amide bonds. The summed E-state index contributed by atoms with van der Waals surface area (Å²) >= 11 is 0. The van der Waals surface area contributed by atoms with Crippen LogP contribution in [0.4, 0.5) is 0 Å². The zero-order chi connectivity index (χ0) is 15.3. The molecule has 1 aliphatic rings. The Morgan fingerprint density at radius 3 is 2.45 bits per heavy atom. The van der Waals surface area contributed by atoms with Crippen molar-refractivity contribution < 1.29 is 0 Å². The van der Waals surface area contributed by atoms with Crippen LogP contribution in [0.5, 0.6) is 0 Å². The van der Waals surface area contributed by atoms with Crippen LogP contribution in [-0.4, -0.2) is 11.6 Å². The number of allylic oxidation sites excluding steroid dienone is 1. The summed E-state index contributed by atoms with van der Waals surface area (Å²) < 4.78 is 0. The van der Waals surface area contributed by atoms with Crippen molar-refractivity contribution in [3.05, 3.63) is 11.6 Å². The molecule has 1 aliphatic carbocycles. The molecule has 0 bridgehead atoms. The summed E-state index contributed by atoms with van der Waals surface area (Å²) in [5.41, 5.74) is 1.63. The van der Waals surface area contributed by atoms with Crippen molar-refractivity contribution in [3.63, 3.8) is 0 Å². The molecular weight excluding hydrogens is 242 g/mol. The molecule has 0 radical (unpaired) electrons. The molecule has 0 heterocycles. The van der Waals surface area contributed by atoms with E-state index in [2.05, 4.69) is 59.9 Å². The van der Waals surface area contributed by atoms with Crippen molar-refractivity contribution in [3.8, 4) is 0 Å². The Kier molecular flexibility index (Phi) is 6.78. The topological polar surface area (TPSA) is 12.0 Å². The third kappa shape index (κ3) is 5.24. The largest absolute Gasteiger partial charge is 0.308 e. The Morgan fingerprint density at radius 2 is 1.95 bits per heavy atom. The van der Waals surface area contributed by atoms with E-state index in [-0.39, 0.29) is 5.54 Å². The van der Waals surface area contributed by atoms with Crippen molar-refractivity contribution in [2.24, 2.45) is 17.8 Å². The summed E-state index contributed by atoms with van der Waals surface area (Å²) in [5, 5.41) is 3.94. The standard InChI is InChI=1S/C19H37N/c1-8-10-11-16-13-18(16)15(5)20-19(6,7)17(9-2)12-14(3)4/h12,15-18,20H,8-11,13H2,1-7H3. The minimum absolute atomic E-state index is 0.198. The second-order valence-electron chi connectivity index (χ2n) is 7.72. The molecule has 0 saturated heterocycles. The monoisotopic (exact) mass is 279 g/mol. The highest BCUT2D eigenvalue weighted by atomic mass is 15.0. The number of hydrogen-bond donors (Lipinski definition) is 1. The molecular formula is C19H37N. The van der Waals surface area contributed by atoms with Crippen molar-refractivity contribution in [1.82, 2.24) is 5.32 Å². The van der Waals surface area contributed by atoms with Gasteiger partial charge in [0.15, 0.2) is 0 Å². The lowest BCUT2D eigenvalue weighted by atomic mass is 9.83. The van der Waals surface area contributed by atoms with Gasteiger partial charge in [-0.2, -0.15) is 0 Å². The van der Waals surface area contributed by atoms with Gasteiger partial charge >= 0.3 is 0 Å². The van der Waals surface area contributed by atoms with Gasteiger partial charge in [0, 0.05) is 11.6 Å². The fourth-order valence-corrected chi connectivity index (χ4v) is 3.72. The Bertz CT molecular complexity index is 312. The zero-order valence-electron chi connectivity index (χ0n) is 14.9. The van der Waals surface area contributed by atoms with Crippen LogP contribution >= 0.6 is 0 Å². The normalized spacial score (nSPS) is 25.1. The van der Waals surface area contributed by atoms with Crippen LogP contribution < -0.4 is 5.32 Å². The molecule has 0 aromatic heterocycles. The van der Waals surface area contributed by atoms with Gasteiger partial charge in [0.1, 0.15) is 0 Å². The van der Waals surface area contributed by atoms with E-state index >= 15 is 0 Å². The lowest BCUT2D eigenvalue weighted by Gasteiger charge is -2.36. The van der Waals surface area contributed by atoms with E-state index in [0.717, 1.165) is 11.8 Å². The molecule has 4 unspecified atom stereocenters. The summed E-state index contributed by atoms with van der Waals surface area (Å²) in [5.74, 6) is 2.55. The maximum absolute atomic E-state index is 3.94. The summed E-state index contributed by atoms with van der Waals surface area (Å²) in [6, 6.07) is 0.659. The first kappa shape index (κ1) is 17.8. The average molecular weight is 280 g/mol. The molecule has 0 aromatic rings. The quantitative estimate of drug-likeness (QED) is 0.545. The van der Waals surface area contributed by atoms with E-state index < -0.39 is 0 Å². The van der Waals surface area contributed by atoms with Gasteiger partial charge in [-0.3, -0.25) is 0 Å². The first-order valence-electron chi connectivity index (χ1n) is 8.74. The SMILES string of the molecule is CCCCC1CC1C(C)NC(C)(C)C(C=C(C)C)CC. The predicted octanol–water partition coefficient (Wildman–Crippen LogP) is 5.56. The third-order valence-electron chi connectivity index (χ3n) is 5.05. The number of unbranched alkanes of at least 4 members (excludes halogenated alkanes) is 1. The van der Waals surface area contributed by atoms with Gasteiger partial charge in [0.05, 0.1) is 0 Å². The molecule has 1 N–H and O–H groups in total. The van der Waals surface area contributed by atoms with Crippen molar-refractivity contribution >= 4 is 0 Å². The van der Waals surface area contributed by atoms with E-state index in [1.165, 1.54) is 37.7 Å². The van der Waals surface area contributed by atoms with E-state index in [1.54, 1.807) is 0 Å². The van der Waals surface area contributed by atoms with Gasteiger partial charge in [-0.05, 0) is 65.2 Å². The van der Waals surface area contributed by atoms with Crippen molar-refractivity contribution in [1.29, 1.82) is 0 Å². The molecule has 1 saturated carbocycles. The van der Waals surface area contributed by atoms with Gasteiger partial charge in [-0.1, -0.05) is 44.8 Å². The first-order valence-corrected chi connectivity index (χ1v) is 8.74. The van der Waals surface area contributed by atoms with Crippen LogP contribution in [0, 0.1) is 17.8 Å². The Hall–Kier alpha value is -0.300. The van der Waals surface area contributed by atoms with Gasteiger partial charge in [-0.15, -0.1) is 0 Å². The smallest absolute Gasteiger partial charge is 0.0190 e. The highest BCUT2D eigenvalue weighted by Gasteiger charge is 2.42. The summed E-state index contributed by atoms with van der Waals surface area (Å²) in [7, 11) is 0. The fraction of sp³-hybridized carbons (Fsp3) is 0.895. The second-order valence-corrected chi connectivity index (χ2v) is 7.72. The minimum Gasteiger partial charge on any atom is -0.308 e. The number of hydrogen-bond acceptors (Lipinski definition) is 1. The van der Waals surface area contributed by atoms with Crippen LogP contribution in [0.2, 0.25) is 0 Å². The molecule has 20 heavy (non-hydrogen) atoms. The molecule has 1 heteroatoms. The Morgan fingerprint density at radius 1 is 1.30 bits per heavy atom. The highest BCUT2D eigenvalue weighted by molar-refractivity contribution is 5.06. The lowest BCUT2D eigenvalue weighted by molar-refractivity contribution is 0.247. The van der Waals surface area contributed by atoms with E-state index in [9.17, 15) is 0 Å². The van der Waals surface area contributed by atoms with E-state index in [4.69, 9.17) is 0 Å². The minimum atomic E-state index is 0.198. The third-order valence-corrected chi connectivity index (χ3v) is 5.05. The van der Waals surface area contributed by atoms with Gasteiger partial charge in [0.25, 0.3) is 0 Å². The van der Waals surface area contributed by atoms with E-state index in [0.29, 0.717) is 12.0 Å². The maximum atomic E-state index is 3.94. The first-order chi connectivity index (χ1) is 9.31. The van der Waals surface area contributed by atoms with Crippen molar-refractivity contribution in [2.75, 3.05) is 0 Å². The molecule has 0 aliphatic heterocycles. The van der Waals surface area contributed by atoms with Crippen LogP contribution in [0.1, 0.15) is 80.6 Å². The summed E-state index contributed by atoms with van der Waals surface area (Å²) in [6.07, 6.45) is 9.30. The van der Waals surface area contributed by atoms with Crippen LogP contribution in [0.15, 0.2) is 11.6 Å². The zero-order valence-corrected chi connectivity index (χ0v) is 14.9. The van der Waals surface area contributed by atoms with Crippen molar-refractivity contribution in [2.45, 2.75) is 92.2 Å². The highest BCUT2D eigenvalue weighted by Crippen LogP contribution is 2.45. The average Bonchev–Trinajstić information content (AvgIpc) is 3.12. The van der Waals surface area contributed by atoms with Crippen LogP contribution in [0.25, 0.3) is 0 Å². The molecule has 1 fully saturated rings. The Labute approximate surface area is 127 Å². The second kappa shape index (κ2) is 7.64. The summed E-state index contributed by atoms with van der Waals surface area (Å²) in [4.78, 5) is 0. The van der Waals surface area contributed by atoms with Gasteiger partial charge < -0.3 is 5.32 Å². The molecule has 4 atom stereocenters. The number of nitrogens with one attached hydrogen (secondary N) is 1. The Balaban J connectivity index is 2.51. The molecule has 118 valence electrons. The molecule has 1 nitrogen and oxygen atoms in total. The summed E-state index contributed by atoms with van der Waals surface area (Å²) in [6.45, 7) is 16.2. The molecule has 0 aromatic carbocycles. The lowest BCUT2D eigenvalue weighted by Crippen LogP contribution is -2.50. The van der Waals surface area contributed by atoms with Crippen LogP contribution in [0.3, 0.4) is 0 Å². The molecule has 0 spiro atoms. The van der Waals surface area contributed by atoms with E-state index in [1.807, 2.05) is 0 Å². The van der Waals surface area contributed by atoms with Gasteiger partial charge in [-0.25, -0.2) is 0 Å². The predicted molar refractivity (Wildman–Crippen MR) is 91.0 cm³/mol. The fourth-order valence-electron chi connectivity index (χ4n) is 3.72.